The quantitative estimate of drug-likeness (QED) is 0.858. The Labute approximate surface area is 105 Å². The molecule has 0 aromatic carbocycles. The molecule has 0 spiro atoms. The first-order valence-electron chi connectivity index (χ1n) is 5.74. The van der Waals surface area contributed by atoms with Gasteiger partial charge in [0.2, 0.25) is 0 Å². The zero-order valence-corrected chi connectivity index (χ0v) is 10.1. The summed E-state index contributed by atoms with van der Waals surface area (Å²) >= 11 is 0. The first-order chi connectivity index (χ1) is 8.76. The van der Waals surface area contributed by atoms with Crippen LogP contribution in [0.25, 0.3) is 0 Å². The molecular weight excluding hydrogens is 228 g/mol. The van der Waals surface area contributed by atoms with E-state index in [1.807, 2.05) is 31.2 Å². The Morgan fingerprint density at radius 1 is 1.44 bits per heavy atom. The first kappa shape index (κ1) is 12.2. The van der Waals surface area contributed by atoms with Gasteiger partial charge in [0.05, 0.1) is 5.69 Å². The van der Waals surface area contributed by atoms with Crippen molar-refractivity contribution in [3.63, 3.8) is 0 Å². The van der Waals surface area contributed by atoms with Crippen LogP contribution < -0.4 is 5.73 Å². The smallest absolute Gasteiger partial charge is 0.252 e. The summed E-state index contributed by atoms with van der Waals surface area (Å²) in [5.74, 6) is 0.138. The van der Waals surface area contributed by atoms with E-state index < -0.39 is 0 Å². The van der Waals surface area contributed by atoms with Crippen LogP contribution >= 0.6 is 0 Å². The predicted octanol–water partition coefficient (Wildman–Crippen LogP) is 0.871. The maximum absolute atomic E-state index is 8.76. The van der Waals surface area contributed by atoms with Gasteiger partial charge in [-0.2, -0.15) is 5.26 Å². The summed E-state index contributed by atoms with van der Waals surface area (Å²) in [6.07, 6.45) is 4.02. The van der Waals surface area contributed by atoms with Crippen molar-refractivity contribution < 1.29 is 0 Å². The van der Waals surface area contributed by atoms with Gasteiger partial charge in [-0.1, -0.05) is 13.0 Å². The number of nitrogens with two attached hydrogens (primary N) is 1. The molecule has 0 aliphatic rings. The average molecular weight is 242 g/mol. The molecule has 2 heterocycles. The third-order valence-electron chi connectivity index (χ3n) is 2.76. The summed E-state index contributed by atoms with van der Waals surface area (Å²) in [6, 6.07) is 7.22. The predicted molar refractivity (Wildman–Crippen MR) is 65.4 cm³/mol. The Morgan fingerprint density at radius 3 is 2.83 bits per heavy atom. The molecule has 2 aromatic rings. The molecule has 0 saturated carbocycles. The van der Waals surface area contributed by atoms with Crippen molar-refractivity contribution in [1.82, 2.24) is 19.7 Å². The molecule has 0 bridgehead atoms. The molecule has 2 atom stereocenters. The lowest BCUT2D eigenvalue weighted by molar-refractivity contribution is 0.414. The maximum atomic E-state index is 8.76. The van der Waals surface area contributed by atoms with Crippen LogP contribution in [0, 0.1) is 11.3 Å². The fourth-order valence-corrected chi connectivity index (χ4v) is 1.79. The van der Waals surface area contributed by atoms with Crippen molar-refractivity contribution in [2.75, 3.05) is 0 Å². The van der Waals surface area contributed by atoms with Crippen LogP contribution in [-0.4, -0.2) is 25.8 Å². The highest BCUT2D eigenvalue weighted by atomic mass is 15.4. The van der Waals surface area contributed by atoms with Crippen LogP contribution in [0.5, 0.6) is 0 Å². The minimum absolute atomic E-state index is 0.131. The highest BCUT2D eigenvalue weighted by Crippen LogP contribution is 2.19. The first-order valence-corrected chi connectivity index (χ1v) is 5.74. The molecular formula is C12H14N6. The molecule has 2 aromatic heterocycles. The minimum atomic E-state index is -0.203. The summed E-state index contributed by atoms with van der Waals surface area (Å²) in [6.45, 7) is 2.00. The van der Waals surface area contributed by atoms with Gasteiger partial charge in [0.1, 0.15) is 18.4 Å². The van der Waals surface area contributed by atoms with Gasteiger partial charge in [0.15, 0.2) is 0 Å². The monoisotopic (exact) mass is 242 g/mol. The van der Waals surface area contributed by atoms with Crippen molar-refractivity contribution in [2.24, 2.45) is 5.73 Å². The Bertz CT molecular complexity index is 541. The number of pyridine rings is 1. The van der Waals surface area contributed by atoms with Crippen LogP contribution in [0.3, 0.4) is 0 Å². The molecule has 2 rings (SSSR count). The van der Waals surface area contributed by atoms with E-state index in [4.69, 9.17) is 11.0 Å². The standard InChI is InChI=1S/C12H14N6/c1-2-9(14)12(10-5-3-4-6-15-10)18-8-16-11(7-13)17-18/h3-6,8-9,12H,2,14H2,1H3. The van der Waals surface area contributed by atoms with Crippen molar-refractivity contribution in [3.8, 4) is 6.07 Å². The largest absolute Gasteiger partial charge is 0.326 e. The van der Waals surface area contributed by atoms with Crippen molar-refractivity contribution in [1.29, 1.82) is 5.26 Å². The molecule has 92 valence electrons. The summed E-state index contributed by atoms with van der Waals surface area (Å²) < 4.78 is 1.61. The van der Waals surface area contributed by atoms with Gasteiger partial charge in [0.25, 0.3) is 5.82 Å². The SMILES string of the molecule is CCC(N)C(c1ccccn1)n1cnc(C#N)n1. The van der Waals surface area contributed by atoms with E-state index in [9.17, 15) is 0 Å². The van der Waals surface area contributed by atoms with Crippen LogP contribution in [0.15, 0.2) is 30.7 Å². The molecule has 2 N–H and O–H groups in total. The van der Waals surface area contributed by atoms with Gasteiger partial charge in [-0.15, -0.1) is 5.10 Å². The van der Waals surface area contributed by atoms with Crippen molar-refractivity contribution >= 4 is 0 Å². The number of hydrogen-bond acceptors (Lipinski definition) is 5. The highest BCUT2D eigenvalue weighted by Gasteiger charge is 2.23. The number of rotatable bonds is 4. The number of nitrogens with zero attached hydrogens (tertiary/aromatic N) is 5. The Balaban J connectivity index is 2.40. The normalized spacial score (nSPS) is 13.8. The molecule has 0 fully saturated rings. The van der Waals surface area contributed by atoms with Gasteiger partial charge < -0.3 is 5.73 Å². The Kier molecular flexibility index (Phi) is 3.65. The third-order valence-corrected chi connectivity index (χ3v) is 2.76. The van der Waals surface area contributed by atoms with Crippen LogP contribution in [0.4, 0.5) is 0 Å². The van der Waals surface area contributed by atoms with E-state index in [0.29, 0.717) is 0 Å². The molecule has 0 aliphatic heterocycles. The summed E-state index contributed by atoms with van der Waals surface area (Å²) in [5, 5.41) is 12.9. The molecule has 2 unspecified atom stereocenters. The molecule has 0 saturated heterocycles. The zero-order chi connectivity index (χ0) is 13.0. The Hall–Kier alpha value is -2.26. The van der Waals surface area contributed by atoms with Gasteiger partial charge in [0, 0.05) is 12.2 Å². The van der Waals surface area contributed by atoms with Gasteiger partial charge in [-0.3, -0.25) is 4.98 Å². The van der Waals surface area contributed by atoms with E-state index in [-0.39, 0.29) is 17.9 Å². The second-order valence-corrected chi connectivity index (χ2v) is 3.93. The topological polar surface area (TPSA) is 93.4 Å². The number of hydrogen-bond donors (Lipinski definition) is 1. The second kappa shape index (κ2) is 5.38. The fourth-order valence-electron chi connectivity index (χ4n) is 1.79. The lowest BCUT2D eigenvalue weighted by Gasteiger charge is -2.22. The fraction of sp³-hybridized carbons (Fsp3) is 0.333. The van der Waals surface area contributed by atoms with Crippen molar-refractivity contribution in [2.45, 2.75) is 25.4 Å². The van der Waals surface area contributed by atoms with Crippen LogP contribution in [-0.2, 0) is 0 Å². The molecule has 0 amide bonds. The molecule has 6 nitrogen and oxygen atoms in total. The van der Waals surface area contributed by atoms with Crippen LogP contribution in [0.1, 0.15) is 30.9 Å². The number of nitriles is 1. The average Bonchev–Trinajstić information content (AvgIpc) is 2.88. The lowest BCUT2D eigenvalue weighted by atomic mass is 10.0. The minimum Gasteiger partial charge on any atom is -0.326 e. The van der Waals surface area contributed by atoms with E-state index in [1.165, 1.54) is 6.33 Å². The second-order valence-electron chi connectivity index (χ2n) is 3.93. The number of aromatic nitrogens is 4. The molecule has 0 radical (unpaired) electrons. The molecule has 18 heavy (non-hydrogen) atoms. The maximum Gasteiger partial charge on any atom is 0.252 e. The molecule has 0 aliphatic carbocycles. The van der Waals surface area contributed by atoms with E-state index in [2.05, 4.69) is 15.1 Å². The Morgan fingerprint density at radius 2 is 2.28 bits per heavy atom. The molecule has 6 heteroatoms. The van der Waals surface area contributed by atoms with E-state index >= 15 is 0 Å². The zero-order valence-electron chi connectivity index (χ0n) is 10.1. The summed E-state index contributed by atoms with van der Waals surface area (Å²) in [5.41, 5.74) is 6.94. The lowest BCUT2D eigenvalue weighted by Crippen LogP contribution is -2.33. The third kappa shape index (κ3) is 2.36. The van der Waals surface area contributed by atoms with Gasteiger partial charge in [-0.25, -0.2) is 9.67 Å². The van der Waals surface area contributed by atoms with Crippen LogP contribution in [0.2, 0.25) is 0 Å². The van der Waals surface area contributed by atoms with Gasteiger partial charge >= 0.3 is 0 Å². The van der Waals surface area contributed by atoms with Crippen molar-refractivity contribution in [3.05, 3.63) is 42.2 Å². The van der Waals surface area contributed by atoms with Gasteiger partial charge in [-0.05, 0) is 18.6 Å². The summed E-state index contributed by atoms with van der Waals surface area (Å²) in [4.78, 5) is 8.21. The van der Waals surface area contributed by atoms with E-state index in [0.717, 1.165) is 12.1 Å². The summed E-state index contributed by atoms with van der Waals surface area (Å²) in [7, 11) is 0. The van der Waals surface area contributed by atoms with E-state index in [1.54, 1.807) is 10.9 Å². The highest BCUT2D eigenvalue weighted by molar-refractivity contribution is 5.13.